The van der Waals surface area contributed by atoms with Crippen molar-refractivity contribution in [3.63, 3.8) is 0 Å². The van der Waals surface area contributed by atoms with Gasteiger partial charge >= 0.3 is 6.03 Å². The van der Waals surface area contributed by atoms with Crippen LogP contribution in [0.5, 0.6) is 0 Å². The van der Waals surface area contributed by atoms with E-state index in [0.29, 0.717) is 0 Å². The summed E-state index contributed by atoms with van der Waals surface area (Å²) in [4.78, 5) is 15.1. The third-order valence-electron chi connectivity index (χ3n) is 2.39. The lowest BCUT2D eigenvalue weighted by Crippen LogP contribution is -2.52. The SMILES string of the molecule is CC(C)N1C(=O)N(C)CC2OC21. The van der Waals surface area contributed by atoms with Crippen LogP contribution in [-0.4, -0.2) is 47.8 Å². The molecule has 4 heteroatoms. The maximum absolute atomic E-state index is 11.6. The molecule has 0 aromatic carbocycles. The Kier molecular flexibility index (Phi) is 1.54. The summed E-state index contributed by atoms with van der Waals surface area (Å²) < 4.78 is 5.36. The van der Waals surface area contributed by atoms with Crippen LogP contribution in [-0.2, 0) is 4.74 Å². The van der Waals surface area contributed by atoms with Gasteiger partial charge in [0.05, 0.1) is 6.54 Å². The first-order chi connectivity index (χ1) is 5.61. The molecule has 2 unspecified atom stereocenters. The Morgan fingerprint density at radius 3 is 2.83 bits per heavy atom. The molecule has 0 aliphatic carbocycles. The van der Waals surface area contributed by atoms with E-state index in [0.717, 1.165) is 6.54 Å². The summed E-state index contributed by atoms with van der Waals surface area (Å²) in [6.45, 7) is 4.76. The molecule has 2 amide bonds. The fraction of sp³-hybridized carbons (Fsp3) is 0.875. The summed E-state index contributed by atoms with van der Waals surface area (Å²) in [6.07, 6.45) is 0.323. The summed E-state index contributed by atoms with van der Waals surface area (Å²) in [5, 5.41) is 0. The molecule has 4 nitrogen and oxygen atoms in total. The summed E-state index contributed by atoms with van der Waals surface area (Å²) in [5.41, 5.74) is 0. The van der Waals surface area contributed by atoms with Crippen LogP contribution in [0.4, 0.5) is 4.79 Å². The molecular weight excluding hydrogens is 156 g/mol. The van der Waals surface area contributed by atoms with E-state index >= 15 is 0 Å². The zero-order valence-corrected chi connectivity index (χ0v) is 7.65. The number of rotatable bonds is 1. The Bertz CT molecular complexity index is 217. The van der Waals surface area contributed by atoms with Crippen molar-refractivity contribution in [3.8, 4) is 0 Å². The second-order valence-electron chi connectivity index (χ2n) is 3.73. The quantitative estimate of drug-likeness (QED) is 0.537. The van der Waals surface area contributed by atoms with Gasteiger partial charge in [-0.25, -0.2) is 4.79 Å². The molecule has 0 radical (unpaired) electrons. The Morgan fingerprint density at radius 2 is 2.25 bits per heavy atom. The minimum absolute atomic E-state index is 0.0636. The molecule has 0 aromatic rings. The van der Waals surface area contributed by atoms with Gasteiger partial charge in [-0.2, -0.15) is 0 Å². The highest BCUT2D eigenvalue weighted by Crippen LogP contribution is 2.33. The van der Waals surface area contributed by atoms with Gasteiger partial charge in [0.25, 0.3) is 0 Å². The lowest BCUT2D eigenvalue weighted by Gasteiger charge is -2.32. The number of carbonyl (C=O) groups excluding carboxylic acids is 1. The number of hydrogen-bond donors (Lipinski definition) is 0. The molecule has 0 spiro atoms. The number of epoxide rings is 1. The fourth-order valence-electron chi connectivity index (χ4n) is 1.68. The van der Waals surface area contributed by atoms with Crippen LogP contribution in [0.3, 0.4) is 0 Å². The molecule has 68 valence electrons. The second kappa shape index (κ2) is 2.36. The number of fused-ring (bicyclic) bond motifs is 1. The van der Waals surface area contributed by atoms with E-state index in [2.05, 4.69) is 0 Å². The first-order valence-electron chi connectivity index (χ1n) is 4.30. The average Bonchev–Trinajstić information content (AvgIpc) is 2.67. The maximum Gasteiger partial charge on any atom is 0.322 e. The molecule has 0 bridgehead atoms. The normalized spacial score (nSPS) is 34.2. The van der Waals surface area contributed by atoms with E-state index < -0.39 is 0 Å². The molecule has 2 heterocycles. The molecule has 0 N–H and O–H groups in total. The van der Waals surface area contributed by atoms with Gasteiger partial charge in [-0.15, -0.1) is 0 Å². The van der Waals surface area contributed by atoms with Crippen LogP contribution in [0.25, 0.3) is 0 Å². The highest BCUT2D eigenvalue weighted by atomic mass is 16.6. The largest absolute Gasteiger partial charge is 0.346 e. The first kappa shape index (κ1) is 7.86. The van der Waals surface area contributed by atoms with Crippen LogP contribution in [0.2, 0.25) is 0 Å². The van der Waals surface area contributed by atoms with Gasteiger partial charge in [0.15, 0.2) is 6.23 Å². The average molecular weight is 170 g/mol. The van der Waals surface area contributed by atoms with Crippen LogP contribution in [0.15, 0.2) is 0 Å². The molecule has 0 saturated carbocycles. The van der Waals surface area contributed by atoms with Gasteiger partial charge in [-0.1, -0.05) is 0 Å². The molecule has 2 fully saturated rings. The summed E-state index contributed by atoms with van der Waals surface area (Å²) >= 11 is 0. The fourth-order valence-corrected chi connectivity index (χ4v) is 1.68. The van der Waals surface area contributed by atoms with Crippen LogP contribution in [0.1, 0.15) is 13.8 Å². The van der Waals surface area contributed by atoms with Gasteiger partial charge < -0.3 is 9.64 Å². The van der Waals surface area contributed by atoms with Crippen LogP contribution < -0.4 is 0 Å². The summed E-state index contributed by atoms with van der Waals surface area (Å²) in [6, 6.07) is 0.319. The van der Waals surface area contributed by atoms with Crippen LogP contribution >= 0.6 is 0 Å². The highest BCUT2D eigenvalue weighted by Gasteiger charge is 2.52. The maximum atomic E-state index is 11.6. The second-order valence-corrected chi connectivity index (χ2v) is 3.73. The zero-order chi connectivity index (χ0) is 8.88. The zero-order valence-electron chi connectivity index (χ0n) is 7.65. The molecule has 12 heavy (non-hydrogen) atoms. The van der Waals surface area contributed by atoms with Crippen molar-refractivity contribution < 1.29 is 9.53 Å². The van der Waals surface area contributed by atoms with Crippen molar-refractivity contribution >= 4 is 6.03 Å². The molecule has 2 aliphatic heterocycles. The van der Waals surface area contributed by atoms with Gasteiger partial charge in [-0.3, -0.25) is 4.90 Å². The molecular formula is C8H14N2O2. The van der Waals surface area contributed by atoms with E-state index in [-0.39, 0.29) is 24.4 Å². The Hall–Kier alpha value is -0.770. The van der Waals surface area contributed by atoms with E-state index in [1.54, 1.807) is 9.80 Å². The number of ether oxygens (including phenoxy) is 1. The summed E-state index contributed by atoms with van der Waals surface area (Å²) in [7, 11) is 1.82. The lowest BCUT2D eigenvalue weighted by atomic mass is 10.2. The van der Waals surface area contributed by atoms with E-state index in [1.165, 1.54) is 0 Å². The van der Waals surface area contributed by atoms with E-state index in [4.69, 9.17) is 4.74 Å². The van der Waals surface area contributed by atoms with Crippen molar-refractivity contribution in [3.05, 3.63) is 0 Å². The van der Waals surface area contributed by atoms with Gasteiger partial charge in [0.1, 0.15) is 6.10 Å². The minimum atomic E-state index is 0.0636. The number of carbonyl (C=O) groups is 1. The molecule has 2 aliphatic rings. The van der Waals surface area contributed by atoms with Crippen molar-refractivity contribution in [2.45, 2.75) is 32.2 Å². The third kappa shape index (κ3) is 0.982. The number of hydrogen-bond acceptors (Lipinski definition) is 2. The molecule has 2 atom stereocenters. The smallest absolute Gasteiger partial charge is 0.322 e. The third-order valence-corrected chi connectivity index (χ3v) is 2.39. The van der Waals surface area contributed by atoms with E-state index in [1.807, 2.05) is 20.9 Å². The Morgan fingerprint density at radius 1 is 1.58 bits per heavy atom. The number of amides is 2. The minimum Gasteiger partial charge on any atom is -0.346 e. The number of likely N-dealkylation sites (N-methyl/N-ethyl adjacent to an activating group) is 1. The van der Waals surface area contributed by atoms with Gasteiger partial charge in [-0.05, 0) is 13.8 Å². The predicted octanol–water partition coefficient (Wildman–Crippen LogP) is 0.487. The van der Waals surface area contributed by atoms with Gasteiger partial charge in [0, 0.05) is 13.1 Å². The Balaban J connectivity index is 2.14. The highest BCUT2D eigenvalue weighted by molar-refractivity contribution is 5.76. The van der Waals surface area contributed by atoms with Crippen molar-refractivity contribution in [2.24, 2.45) is 0 Å². The molecule has 2 rings (SSSR count). The van der Waals surface area contributed by atoms with Crippen molar-refractivity contribution in [1.82, 2.24) is 9.80 Å². The number of nitrogens with zero attached hydrogens (tertiary/aromatic N) is 2. The number of urea groups is 1. The van der Waals surface area contributed by atoms with E-state index in [9.17, 15) is 4.79 Å². The lowest BCUT2D eigenvalue weighted by molar-refractivity contribution is 0.118. The Labute approximate surface area is 72.1 Å². The summed E-state index contributed by atoms with van der Waals surface area (Å²) in [5.74, 6) is 0. The molecule has 2 saturated heterocycles. The standard InChI is InChI=1S/C8H14N2O2/c1-5(2)10-7-6(12-7)4-9(3)8(10)11/h5-7H,4H2,1-3H3. The molecule has 0 aromatic heterocycles. The van der Waals surface area contributed by atoms with Crippen molar-refractivity contribution in [1.29, 1.82) is 0 Å². The predicted molar refractivity (Wildman–Crippen MR) is 43.7 cm³/mol. The van der Waals surface area contributed by atoms with Crippen LogP contribution in [0, 0.1) is 0 Å². The van der Waals surface area contributed by atoms with Gasteiger partial charge in [0.2, 0.25) is 0 Å². The first-order valence-corrected chi connectivity index (χ1v) is 4.30. The van der Waals surface area contributed by atoms with Crippen molar-refractivity contribution in [2.75, 3.05) is 13.6 Å². The topological polar surface area (TPSA) is 36.1 Å². The monoisotopic (exact) mass is 170 g/mol.